The van der Waals surface area contributed by atoms with Crippen LogP contribution in [0.15, 0.2) is 12.3 Å². The molecule has 0 atom stereocenters. The van der Waals surface area contributed by atoms with E-state index < -0.39 is 9.84 Å². The number of fused-ring (bicyclic) bond motifs is 1. The normalized spacial score (nSPS) is 19.6. The second-order valence-electron chi connectivity index (χ2n) is 11.0. The number of morpholine rings is 1. The van der Waals surface area contributed by atoms with E-state index in [-0.39, 0.29) is 17.7 Å². The third-order valence-corrected chi connectivity index (χ3v) is 8.84. The van der Waals surface area contributed by atoms with E-state index in [1.54, 1.807) is 12.3 Å². The molecule has 3 fully saturated rings. The third-order valence-electron chi connectivity index (χ3n) is 8.00. The van der Waals surface area contributed by atoms with E-state index in [1.807, 2.05) is 11.6 Å². The van der Waals surface area contributed by atoms with Gasteiger partial charge < -0.3 is 19.1 Å². The Bertz CT molecular complexity index is 1480. The van der Waals surface area contributed by atoms with Crippen LogP contribution in [0.4, 0.5) is 5.82 Å². The monoisotopic (exact) mass is 571 g/mol. The van der Waals surface area contributed by atoms with Crippen LogP contribution < -0.4 is 14.4 Å². The number of anilines is 1. The Kier molecular flexibility index (Phi) is 7.53. The summed E-state index contributed by atoms with van der Waals surface area (Å²) in [5.74, 6) is 1.20. The van der Waals surface area contributed by atoms with Gasteiger partial charge in [-0.3, -0.25) is 9.47 Å². The highest BCUT2D eigenvalue weighted by atomic mass is 32.2. The molecule has 5 heterocycles. The van der Waals surface area contributed by atoms with Crippen LogP contribution in [0.5, 0.6) is 11.9 Å². The van der Waals surface area contributed by atoms with Crippen LogP contribution in [-0.2, 0) is 27.4 Å². The summed E-state index contributed by atoms with van der Waals surface area (Å²) < 4.78 is 43.3. The van der Waals surface area contributed by atoms with Crippen LogP contribution in [-0.4, -0.2) is 103 Å². The first-order valence-corrected chi connectivity index (χ1v) is 16.0. The maximum Gasteiger partial charge on any atom is 0.298 e. The molecule has 2 saturated heterocycles. The van der Waals surface area contributed by atoms with Crippen LogP contribution in [0.3, 0.4) is 0 Å². The number of nitrogens with zero attached hydrogens (tertiary/aromatic N) is 7. The SMILES string of the molecule is COc1ncc(-c2nc(N3CCOCC3)c3nc(OC4CN(C5CCCCC5)C4)n(C)c3n2)cc1CS(C)(=O)=O. The van der Waals surface area contributed by atoms with Gasteiger partial charge in [-0.05, 0) is 18.9 Å². The molecule has 0 unspecified atom stereocenters. The standard InChI is InChI=1S/C27H37N7O5S/c1-32-24-22(29-27(32)39-21-15-34(16-21)20-7-5-4-6-8-20)25(33-9-11-38-12-10-33)31-23(30-24)18-13-19(17-40(3,35)36)26(37-2)28-14-18/h13-14,20-21H,4-12,15-17H2,1-3H3. The van der Waals surface area contributed by atoms with Gasteiger partial charge in [0.2, 0.25) is 5.88 Å². The van der Waals surface area contributed by atoms with Crippen molar-refractivity contribution in [2.24, 2.45) is 7.05 Å². The van der Waals surface area contributed by atoms with Crippen LogP contribution in [0.25, 0.3) is 22.6 Å². The highest BCUT2D eigenvalue weighted by Gasteiger charge is 2.35. The van der Waals surface area contributed by atoms with Gasteiger partial charge in [-0.1, -0.05) is 19.3 Å². The smallest absolute Gasteiger partial charge is 0.298 e. The lowest BCUT2D eigenvalue weighted by atomic mass is 9.92. The van der Waals surface area contributed by atoms with E-state index in [1.165, 1.54) is 45.5 Å². The first-order chi connectivity index (χ1) is 19.3. The number of imidazole rings is 1. The number of aryl methyl sites for hydroxylation is 1. The van der Waals surface area contributed by atoms with Gasteiger partial charge in [-0.15, -0.1) is 0 Å². The van der Waals surface area contributed by atoms with Gasteiger partial charge in [0.15, 0.2) is 32.6 Å². The summed E-state index contributed by atoms with van der Waals surface area (Å²) in [7, 11) is 0.0699. The maximum atomic E-state index is 12.1. The van der Waals surface area contributed by atoms with Gasteiger partial charge in [0.05, 0.1) is 26.1 Å². The van der Waals surface area contributed by atoms with Crippen LogP contribution in [0.1, 0.15) is 37.7 Å². The first-order valence-electron chi connectivity index (χ1n) is 14.0. The average molecular weight is 572 g/mol. The van der Waals surface area contributed by atoms with Crippen molar-refractivity contribution in [3.8, 4) is 23.3 Å². The molecule has 1 saturated carbocycles. The summed E-state index contributed by atoms with van der Waals surface area (Å²) in [6.45, 7) is 4.38. The summed E-state index contributed by atoms with van der Waals surface area (Å²) in [5, 5.41) is 0. The fourth-order valence-electron chi connectivity index (χ4n) is 5.88. The molecule has 216 valence electrons. The van der Waals surface area contributed by atoms with Crippen molar-refractivity contribution in [3.63, 3.8) is 0 Å². The van der Waals surface area contributed by atoms with Gasteiger partial charge >= 0.3 is 0 Å². The minimum atomic E-state index is -3.31. The lowest BCUT2D eigenvalue weighted by molar-refractivity contribution is -0.0239. The number of likely N-dealkylation sites (tertiary alicyclic amines) is 1. The Morgan fingerprint density at radius 2 is 1.82 bits per heavy atom. The van der Waals surface area contributed by atoms with E-state index in [4.69, 9.17) is 29.2 Å². The molecule has 40 heavy (non-hydrogen) atoms. The van der Waals surface area contributed by atoms with Crippen molar-refractivity contribution in [3.05, 3.63) is 17.8 Å². The summed E-state index contributed by atoms with van der Waals surface area (Å²) in [6.07, 6.45) is 9.46. The molecule has 6 rings (SSSR count). The van der Waals surface area contributed by atoms with E-state index in [2.05, 4.69) is 14.8 Å². The molecule has 0 bridgehead atoms. The first kappa shape index (κ1) is 27.2. The highest BCUT2D eigenvalue weighted by molar-refractivity contribution is 7.89. The quantitative estimate of drug-likeness (QED) is 0.395. The third kappa shape index (κ3) is 5.59. The zero-order valence-electron chi connectivity index (χ0n) is 23.4. The van der Waals surface area contributed by atoms with Crippen molar-refractivity contribution in [1.82, 2.24) is 29.4 Å². The van der Waals surface area contributed by atoms with Crippen molar-refractivity contribution < 1.29 is 22.6 Å². The molecular formula is C27H37N7O5S. The Hall–Kier alpha value is -3.03. The molecule has 3 aromatic rings. The Balaban J connectivity index is 1.34. The van der Waals surface area contributed by atoms with Crippen molar-refractivity contribution in [2.45, 2.75) is 50.0 Å². The van der Waals surface area contributed by atoms with E-state index in [0.717, 1.165) is 13.1 Å². The number of pyridine rings is 1. The molecular weight excluding hydrogens is 534 g/mol. The predicted octanol–water partition coefficient (Wildman–Crippen LogP) is 2.21. The summed E-state index contributed by atoms with van der Waals surface area (Å²) in [6, 6.07) is 2.94. The molecule has 0 radical (unpaired) electrons. The topological polar surface area (TPSA) is 125 Å². The lowest BCUT2D eigenvalue weighted by Crippen LogP contribution is -2.58. The minimum absolute atomic E-state index is 0.0982. The highest BCUT2D eigenvalue weighted by Crippen LogP contribution is 2.33. The second-order valence-corrected chi connectivity index (χ2v) is 13.2. The number of hydrogen-bond donors (Lipinski definition) is 0. The van der Waals surface area contributed by atoms with Crippen molar-refractivity contribution in [1.29, 1.82) is 0 Å². The molecule has 0 spiro atoms. The van der Waals surface area contributed by atoms with E-state index in [0.29, 0.717) is 72.3 Å². The number of hydrogen-bond acceptors (Lipinski definition) is 11. The lowest BCUT2D eigenvalue weighted by Gasteiger charge is -2.44. The van der Waals surface area contributed by atoms with Crippen molar-refractivity contribution >= 4 is 26.8 Å². The van der Waals surface area contributed by atoms with Gasteiger partial charge in [0.25, 0.3) is 6.01 Å². The number of rotatable bonds is 8. The molecule has 2 aliphatic heterocycles. The van der Waals surface area contributed by atoms with Gasteiger partial charge in [-0.2, -0.15) is 4.98 Å². The summed E-state index contributed by atoms with van der Waals surface area (Å²) in [5.41, 5.74) is 2.37. The van der Waals surface area contributed by atoms with Crippen LogP contribution >= 0.6 is 0 Å². The minimum Gasteiger partial charge on any atom is -0.481 e. The van der Waals surface area contributed by atoms with Crippen LogP contribution in [0, 0.1) is 0 Å². The van der Waals surface area contributed by atoms with Gasteiger partial charge in [-0.25, -0.2) is 23.4 Å². The Morgan fingerprint density at radius 1 is 1.07 bits per heavy atom. The predicted molar refractivity (Wildman–Crippen MR) is 151 cm³/mol. The molecule has 12 nitrogen and oxygen atoms in total. The fourth-order valence-corrected chi connectivity index (χ4v) is 6.66. The molecule has 0 aromatic carbocycles. The Labute approximate surface area is 234 Å². The zero-order valence-corrected chi connectivity index (χ0v) is 24.2. The average Bonchev–Trinajstić information content (AvgIpc) is 3.25. The molecule has 13 heteroatoms. The van der Waals surface area contributed by atoms with Crippen LogP contribution in [0.2, 0.25) is 0 Å². The molecule has 0 amide bonds. The molecule has 1 aliphatic carbocycles. The number of ether oxygens (including phenoxy) is 3. The number of sulfone groups is 1. The number of methoxy groups -OCH3 is 1. The summed E-state index contributed by atoms with van der Waals surface area (Å²) in [4.78, 5) is 23.7. The largest absolute Gasteiger partial charge is 0.481 e. The molecule has 3 aromatic heterocycles. The zero-order chi connectivity index (χ0) is 27.9. The van der Waals surface area contributed by atoms with Gasteiger partial charge in [0, 0.05) is 62.8 Å². The molecule has 3 aliphatic rings. The van der Waals surface area contributed by atoms with E-state index >= 15 is 0 Å². The Morgan fingerprint density at radius 3 is 2.52 bits per heavy atom. The van der Waals surface area contributed by atoms with Crippen molar-refractivity contribution in [2.75, 3.05) is 57.7 Å². The second kappa shape index (κ2) is 11.1. The molecule has 0 N–H and O–H groups in total. The van der Waals surface area contributed by atoms with Gasteiger partial charge in [0.1, 0.15) is 6.10 Å². The fraction of sp³-hybridized carbons (Fsp3) is 0.630. The number of aromatic nitrogens is 5. The van der Waals surface area contributed by atoms with E-state index in [9.17, 15) is 8.42 Å². The summed E-state index contributed by atoms with van der Waals surface area (Å²) >= 11 is 0. The maximum absolute atomic E-state index is 12.1.